The Morgan fingerprint density at radius 3 is 1.87 bits per heavy atom. The van der Waals surface area contributed by atoms with Gasteiger partial charge in [-0.25, -0.2) is 15.0 Å². The second-order valence-electron chi connectivity index (χ2n) is 18.1. The van der Waals surface area contributed by atoms with Crippen LogP contribution in [0, 0.1) is 5.41 Å². The van der Waals surface area contributed by atoms with Crippen molar-refractivity contribution >= 4 is 27.4 Å². The first-order chi connectivity index (χ1) is 26.3. The predicted molar refractivity (Wildman–Crippen MR) is 229 cm³/mol. The maximum absolute atomic E-state index is 5.15. The molecule has 272 valence electrons. The number of hydrogen-bond donors (Lipinski definition) is 0. The fourth-order valence-corrected chi connectivity index (χ4v) is 9.96. The molecule has 4 nitrogen and oxygen atoms in total. The molecule has 3 aliphatic rings. The lowest BCUT2D eigenvalue weighted by atomic mass is 9.59. The van der Waals surface area contributed by atoms with Crippen LogP contribution in [0.25, 0.3) is 67.0 Å². The van der Waals surface area contributed by atoms with Crippen LogP contribution in [0.15, 0.2) is 121 Å². The molecule has 0 saturated carbocycles. The zero-order valence-corrected chi connectivity index (χ0v) is 33.3. The van der Waals surface area contributed by atoms with Crippen LogP contribution < -0.4 is 0 Å². The molecule has 0 saturated heterocycles. The topological polar surface area (TPSA) is 43.6 Å². The van der Waals surface area contributed by atoms with Crippen LogP contribution in [0.1, 0.15) is 96.3 Å². The van der Waals surface area contributed by atoms with Crippen molar-refractivity contribution in [1.29, 1.82) is 0 Å². The van der Waals surface area contributed by atoms with Gasteiger partial charge in [-0.05, 0) is 104 Å². The van der Waals surface area contributed by atoms with E-state index in [0.717, 1.165) is 41.1 Å². The summed E-state index contributed by atoms with van der Waals surface area (Å²) in [5.41, 5.74) is 14.9. The molecule has 5 aromatic carbocycles. The van der Waals surface area contributed by atoms with E-state index in [9.17, 15) is 0 Å². The van der Waals surface area contributed by atoms with Gasteiger partial charge in [0.25, 0.3) is 0 Å². The standard InChI is InChI=1S/C51H48N4/c1-48(2)39-25-16-15-24-35(39)36-27-37-38-28-41-42(50(5,6)51(7,8)49(41,3)4)30-44(38)55(43(37)29-40(36)48)34-23-17-22-33(26-34)47-53-45(31-18-11-9-12-19-31)52-46(54-47)32-20-13-10-14-21-32/h9-13,15-20,22-30H,14,21H2,1-8H3. The van der Waals surface area contributed by atoms with Gasteiger partial charge in [-0.1, -0.05) is 140 Å². The van der Waals surface area contributed by atoms with Gasteiger partial charge in [-0.15, -0.1) is 0 Å². The van der Waals surface area contributed by atoms with Crippen LogP contribution in [0.4, 0.5) is 0 Å². The van der Waals surface area contributed by atoms with Crippen LogP contribution in [0.5, 0.6) is 0 Å². The van der Waals surface area contributed by atoms with Crippen molar-refractivity contribution < 1.29 is 0 Å². The Hall–Kier alpha value is -5.61. The summed E-state index contributed by atoms with van der Waals surface area (Å²) < 4.78 is 2.51. The maximum Gasteiger partial charge on any atom is 0.164 e. The summed E-state index contributed by atoms with van der Waals surface area (Å²) in [6.07, 6.45) is 8.36. The number of fused-ring (bicyclic) bond motifs is 7. The predicted octanol–water partition coefficient (Wildman–Crippen LogP) is 12.9. The molecular weight excluding hydrogens is 669 g/mol. The highest BCUT2D eigenvalue weighted by molar-refractivity contribution is 6.12. The van der Waals surface area contributed by atoms with Crippen molar-refractivity contribution in [3.63, 3.8) is 0 Å². The van der Waals surface area contributed by atoms with Gasteiger partial charge in [-0.3, -0.25) is 0 Å². The highest BCUT2D eigenvalue weighted by atomic mass is 15.0. The Balaban J connectivity index is 1.25. The van der Waals surface area contributed by atoms with Crippen molar-refractivity contribution in [3.8, 4) is 39.6 Å². The van der Waals surface area contributed by atoms with Gasteiger partial charge in [0.15, 0.2) is 17.5 Å². The molecule has 55 heavy (non-hydrogen) atoms. The summed E-state index contributed by atoms with van der Waals surface area (Å²) >= 11 is 0. The van der Waals surface area contributed by atoms with Gasteiger partial charge in [0, 0.05) is 33.0 Å². The summed E-state index contributed by atoms with van der Waals surface area (Å²) in [7, 11) is 0. The summed E-state index contributed by atoms with van der Waals surface area (Å²) in [6.45, 7) is 19.4. The molecule has 0 N–H and O–H groups in total. The average molecular weight is 717 g/mol. The molecular formula is C51H48N4. The third kappa shape index (κ3) is 4.67. The highest BCUT2D eigenvalue weighted by Crippen LogP contribution is 2.62. The number of aromatic nitrogens is 4. The smallest absolute Gasteiger partial charge is 0.164 e. The molecule has 7 aromatic rings. The third-order valence-electron chi connectivity index (χ3n) is 14.4. The van der Waals surface area contributed by atoms with Gasteiger partial charge in [-0.2, -0.15) is 0 Å². The molecule has 0 radical (unpaired) electrons. The minimum absolute atomic E-state index is 0.00387. The average Bonchev–Trinajstić information content (AvgIpc) is 3.67. The lowest BCUT2D eigenvalue weighted by Gasteiger charge is -2.44. The van der Waals surface area contributed by atoms with Crippen LogP contribution in [-0.4, -0.2) is 19.5 Å². The SMILES string of the molecule is CC1(C)c2ccccc2-c2cc3c4cc5c(cc4n(-c4cccc(-c6nc(C7=CC=CCC7)nc(-c7ccccc7)n6)c4)c3cc21)C(C)(C)C(C)(C)C5(C)C. The molecule has 3 aliphatic carbocycles. The number of nitrogens with zero attached hydrogens (tertiary/aromatic N) is 4. The lowest BCUT2D eigenvalue weighted by Crippen LogP contribution is -2.42. The summed E-state index contributed by atoms with van der Waals surface area (Å²) in [5.74, 6) is 2.12. The summed E-state index contributed by atoms with van der Waals surface area (Å²) in [5, 5.41) is 2.59. The Kier molecular flexibility index (Phi) is 7.07. The van der Waals surface area contributed by atoms with Crippen molar-refractivity contribution in [3.05, 3.63) is 149 Å². The van der Waals surface area contributed by atoms with Crippen molar-refractivity contribution in [1.82, 2.24) is 19.5 Å². The number of hydrogen-bond acceptors (Lipinski definition) is 3. The Bertz CT molecular complexity index is 2810. The van der Waals surface area contributed by atoms with E-state index < -0.39 is 0 Å². The molecule has 0 fully saturated rings. The molecule has 2 heterocycles. The van der Waals surface area contributed by atoms with Gasteiger partial charge < -0.3 is 4.57 Å². The first-order valence-electron chi connectivity index (χ1n) is 19.8. The van der Waals surface area contributed by atoms with E-state index in [4.69, 9.17) is 15.0 Å². The van der Waals surface area contributed by atoms with E-state index in [1.165, 1.54) is 55.2 Å². The molecule has 4 heteroatoms. The number of allylic oxidation sites excluding steroid dienone is 4. The third-order valence-corrected chi connectivity index (χ3v) is 14.4. The molecule has 10 rings (SSSR count). The molecule has 0 amide bonds. The van der Waals surface area contributed by atoms with E-state index in [2.05, 4.69) is 163 Å². The summed E-state index contributed by atoms with van der Waals surface area (Å²) in [4.78, 5) is 15.3. The van der Waals surface area contributed by atoms with Crippen LogP contribution in [0.3, 0.4) is 0 Å². The van der Waals surface area contributed by atoms with Crippen LogP contribution in [-0.2, 0) is 16.2 Å². The Labute approximate surface area is 324 Å². The van der Waals surface area contributed by atoms with Gasteiger partial charge >= 0.3 is 0 Å². The van der Waals surface area contributed by atoms with E-state index in [0.29, 0.717) is 11.6 Å². The normalized spacial score (nSPS) is 18.3. The zero-order valence-electron chi connectivity index (χ0n) is 33.3. The summed E-state index contributed by atoms with van der Waals surface area (Å²) in [6, 6.07) is 38.1. The van der Waals surface area contributed by atoms with Crippen molar-refractivity contribution in [2.24, 2.45) is 5.41 Å². The molecule has 0 aliphatic heterocycles. The van der Waals surface area contributed by atoms with E-state index in [-0.39, 0.29) is 21.7 Å². The number of benzene rings is 5. The van der Waals surface area contributed by atoms with E-state index in [1.54, 1.807) is 0 Å². The second-order valence-corrected chi connectivity index (χ2v) is 18.1. The largest absolute Gasteiger partial charge is 0.309 e. The molecule has 0 bridgehead atoms. The highest BCUT2D eigenvalue weighted by Gasteiger charge is 2.57. The maximum atomic E-state index is 5.15. The first kappa shape index (κ1) is 33.9. The minimum atomic E-state index is -0.114. The van der Waals surface area contributed by atoms with Crippen molar-refractivity contribution in [2.45, 2.75) is 84.5 Å². The van der Waals surface area contributed by atoms with Gasteiger partial charge in [0.2, 0.25) is 0 Å². The quantitative estimate of drug-likeness (QED) is 0.182. The Morgan fingerprint density at radius 2 is 1.15 bits per heavy atom. The molecule has 0 spiro atoms. The van der Waals surface area contributed by atoms with Gasteiger partial charge in [0.05, 0.1) is 11.0 Å². The number of rotatable bonds is 4. The zero-order chi connectivity index (χ0) is 38.1. The first-order valence-corrected chi connectivity index (χ1v) is 19.8. The second kappa shape index (κ2) is 11.5. The fourth-order valence-electron chi connectivity index (χ4n) is 9.96. The molecule has 0 unspecified atom stereocenters. The minimum Gasteiger partial charge on any atom is -0.309 e. The molecule has 2 aromatic heterocycles. The fraction of sp³-hybridized carbons (Fsp3) is 0.275. The lowest BCUT2D eigenvalue weighted by molar-refractivity contribution is 0.125. The van der Waals surface area contributed by atoms with Crippen LogP contribution in [0.2, 0.25) is 0 Å². The Morgan fingerprint density at radius 1 is 0.527 bits per heavy atom. The van der Waals surface area contributed by atoms with E-state index in [1.807, 2.05) is 18.2 Å². The van der Waals surface area contributed by atoms with E-state index >= 15 is 0 Å². The monoisotopic (exact) mass is 716 g/mol. The van der Waals surface area contributed by atoms with Crippen LogP contribution >= 0.6 is 0 Å². The van der Waals surface area contributed by atoms with Gasteiger partial charge in [0.1, 0.15) is 0 Å². The molecule has 0 atom stereocenters. The van der Waals surface area contributed by atoms with Crippen molar-refractivity contribution in [2.75, 3.05) is 0 Å².